The molecule has 2 aromatic carbocycles. The highest BCUT2D eigenvalue weighted by molar-refractivity contribution is 9.10. The second-order valence-corrected chi connectivity index (χ2v) is 6.44. The quantitative estimate of drug-likeness (QED) is 0.681. The lowest BCUT2D eigenvalue weighted by molar-refractivity contribution is -0.122. The Kier molecular flexibility index (Phi) is 6.84. The lowest BCUT2D eigenvalue weighted by atomic mass is 10.2. The van der Waals surface area contributed by atoms with Crippen molar-refractivity contribution in [2.24, 2.45) is 0 Å². The standard InChI is InChI=1S/C18H17BrClNO4/c1-3-24-18(23)15-9-6-13(10-16(15)20)21-17(22)11(2)25-14-7-4-12(19)5-8-14/h4-11H,3H2,1-2H3,(H,21,22)/t11-/m1/s1. The Labute approximate surface area is 159 Å². The Hall–Kier alpha value is -2.05. The summed E-state index contributed by atoms with van der Waals surface area (Å²) in [5, 5.41) is 2.91. The van der Waals surface area contributed by atoms with Crippen LogP contribution in [-0.2, 0) is 9.53 Å². The largest absolute Gasteiger partial charge is 0.481 e. The topological polar surface area (TPSA) is 64.6 Å². The molecule has 0 radical (unpaired) electrons. The van der Waals surface area contributed by atoms with E-state index in [4.69, 9.17) is 21.1 Å². The molecular weight excluding hydrogens is 410 g/mol. The van der Waals surface area contributed by atoms with Gasteiger partial charge in [0.25, 0.3) is 5.91 Å². The van der Waals surface area contributed by atoms with E-state index in [2.05, 4.69) is 21.2 Å². The minimum Gasteiger partial charge on any atom is -0.481 e. The van der Waals surface area contributed by atoms with Gasteiger partial charge in [-0.25, -0.2) is 4.79 Å². The average molecular weight is 427 g/mol. The van der Waals surface area contributed by atoms with Gasteiger partial charge in [-0.3, -0.25) is 4.79 Å². The molecular formula is C18H17BrClNO4. The van der Waals surface area contributed by atoms with E-state index < -0.39 is 12.1 Å². The SMILES string of the molecule is CCOC(=O)c1ccc(NC(=O)[C@@H](C)Oc2ccc(Br)cc2)cc1Cl. The summed E-state index contributed by atoms with van der Waals surface area (Å²) in [6, 6.07) is 11.8. The van der Waals surface area contributed by atoms with E-state index >= 15 is 0 Å². The van der Waals surface area contributed by atoms with Gasteiger partial charge < -0.3 is 14.8 Å². The Balaban J connectivity index is 2.00. The maximum absolute atomic E-state index is 12.2. The first-order valence-electron chi connectivity index (χ1n) is 7.60. The van der Waals surface area contributed by atoms with Gasteiger partial charge >= 0.3 is 5.97 Å². The van der Waals surface area contributed by atoms with Gasteiger partial charge in [-0.05, 0) is 56.3 Å². The van der Waals surface area contributed by atoms with Gasteiger partial charge in [0.15, 0.2) is 6.10 Å². The molecule has 0 unspecified atom stereocenters. The number of hydrogen-bond donors (Lipinski definition) is 1. The predicted octanol–water partition coefficient (Wildman–Crippen LogP) is 4.69. The number of benzene rings is 2. The Morgan fingerprint density at radius 3 is 2.48 bits per heavy atom. The van der Waals surface area contributed by atoms with Crippen LogP contribution in [0.3, 0.4) is 0 Å². The fraction of sp³-hybridized carbons (Fsp3) is 0.222. The highest BCUT2D eigenvalue weighted by Crippen LogP contribution is 2.22. The van der Waals surface area contributed by atoms with Gasteiger partial charge in [-0.2, -0.15) is 0 Å². The van der Waals surface area contributed by atoms with E-state index in [0.717, 1.165) is 4.47 Å². The molecule has 0 bridgehead atoms. The number of ether oxygens (including phenoxy) is 2. The minimum atomic E-state index is -0.704. The first kappa shape index (κ1) is 19.3. The van der Waals surface area contributed by atoms with E-state index in [-0.39, 0.29) is 23.1 Å². The van der Waals surface area contributed by atoms with Gasteiger partial charge in [-0.15, -0.1) is 0 Å². The van der Waals surface area contributed by atoms with Crippen molar-refractivity contribution >= 4 is 45.1 Å². The van der Waals surface area contributed by atoms with Gasteiger partial charge in [0.1, 0.15) is 5.75 Å². The van der Waals surface area contributed by atoms with Gasteiger partial charge in [0.05, 0.1) is 17.2 Å². The Bertz CT molecular complexity index is 764. The molecule has 2 aromatic rings. The third-order valence-electron chi connectivity index (χ3n) is 3.23. The number of carbonyl (C=O) groups is 2. The zero-order chi connectivity index (χ0) is 18.4. The summed E-state index contributed by atoms with van der Waals surface area (Å²) in [5.41, 5.74) is 0.718. The van der Waals surface area contributed by atoms with Crippen molar-refractivity contribution in [2.75, 3.05) is 11.9 Å². The molecule has 2 rings (SSSR count). The smallest absolute Gasteiger partial charge is 0.339 e. The lowest BCUT2D eigenvalue weighted by Crippen LogP contribution is -2.30. The van der Waals surface area contributed by atoms with Crippen LogP contribution in [0, 0.1) is 0 Å². The summed E-state index contributed by atoms with van der Waals surface area (Å²) >= 11 is 9.42. The first-order chi connectivity index (χ1) is 11.9. The highest BCUT2D eigenvalue weighted by atomic mass is 79.9. The molecule has 25 heavy (non-hydrogen) atoms. The van der Waals surface area contributed by atoms with E-state index in [1.165, 1.54) is 12.1 Å². The van der Waals surface area contributed by atoms with Crippen LogP contribution in [0.25, 0.3) is 0 Å². The molecule has 0 heterocycles. The number of rotatable bonds is 6. The van der Waals surface area contributed by atoms with Crippen molar-refractivity contribution in [3.05, 3.63) is 57.5 Å². The molecule has 0 aromatic heterocycles. The highest BCUT2D eigenvalue weighted by Gasteiger charge is 2.17. The number of nitrogens with one attached hydrogen (secondary N) is 1. The Morgan fingerprint density at radius 2 is 1.88 bits per heavy atom. The number of carbonyl (C=O) groups excluding carboxylic acids is 2. The number of amides is 1. The molecule has 0 aliphatic heterocycles. The molecule has 5 nitrogen and oxygen atoms in total. The van der Waals surface area contributed by atoms with Crippen molar-refractivity contribution in [1.82, 2.24) is 0 Å². The van der Waals surface area contributed by atoms with Crippen molar-refractivity contribution in [3.63, 3.8) is 0 Å². The zero-order valence-electron chi connectivity index (χ0n) is 13.7. The lowest BCUT2D eigenvalue weighted by Gasteiger charge is -2.15. The van der Waals surface area contributed by atoms with E-state index in [1.54, 1.807) is 32.0 Å². The first-order valence-corrected chi connectivity index (χ1v) is 8.77. The number of hydrogen-bond acceptors (Lipinski definition) is 4. The molecule has 0 saturated carbocycles. The number of esters is 1. The summed E-state index contributed by atoms with van der Waals surface area (Å²) in [4.78, 5) is 24.0. The monoisotopic (exact) mass is 425 g/mol. The maximum atomic E-state index is 12.2. The average Bonchev–Trinajstić information content (AvgIpc) is 2.57. The van der Waals surface area contributed by atoms with Crippen LogP contribution in [0.1, 0.15) is 24.2 Å². The van der Waals surface area contributed by atoms with Crippen molar-refractivity contribution in [3.8, 4) is 5.75 Å². The fourth-order valence-corrected chi connectivity index (χ4v) is 2.50. The van der Waals surface area contributed by atoms with Crippen LogP contribution < -0.4 is 10.1 Å². The van der Waals surface area contributed by atoms with E-state index in [9.17, 15) is 9.59 Å². The Morgan fingerprint density at radius 1 is 1.20 bits per heavy atom. The van der Waals surface area contributed by atoms with Crippen LogP contribution >= 0.6 is 27.5 Å². The van der Waals surface area contributed by atoms with Crippen LogP contribution in [0.5, 0.6) is 5.75 Å². The second-order valence-electron chi connectivity index (χ2n) is 5.12. The number of anilines is 1. The van der Waals surface area contributed by atoms with Crippen molar-refractivity contribution in [1.29, 1.82) is 0 Å². The molecule has 1 amide bonds. The summed E-state index contributed by atoms with van der Waals surface area (Å²) in [6.45, 7) is 3.62. The predicted molar refractivity (Wildman–Crippen MR) is 100 cm³/mol. The summed E-state index contributed by atoms with van der Waals surface area (Å²) in [6.07, 6.45) is -0.704. The molecule has 1 atom stereocenters. The molecule has 132 valence electrons. The summed E-state index contributed by atoms with van der Waals surface area (Å²) in [5.74, 6) is -0.248. The van der Waals surface area contributed by atoms with Crippen LogP contribution in [0.4, 0.5) is 5.69 Å². The third kappa shape index (κ3) is 5.47. The molecule has 7 heteroatoms. The van der Waals surface area contributed by atoms with Crippen molar-refractivity contribution < 1.29 is 19.1 Å². The van der Waals surface area contributed by atoms with E-state index in [1.807, 2.05) is 12.1 Å². The second kappa shape index (κ2) is 8.87. The molecule has 0 spiro atoms. The molecule has 0 aliphatic rings. The summed E-state index contributed by atoms with van der Waals surface area (Å²) in [7, 11) is 0. The molecule has 0 saturated heterocycles. The summed E-state index contributed by atoms with van der Waals surface area (Å²) < 4.78 is 11.4. The normalized spacial score (nSPS) is 11.5. The fourth-order valence-electron chi connectivity index (χ4n) is 1.98. The van der Waals surface area contributed by atoms with Gasteiger partial charge in [0.2, 0.25) is 0 Å². The van der Waals surface area contributed by atoms with Crippen LogP contribution in [0.2, 0.25) is 5.02 Å². The number of halogens is 2. The molecule has 0 aliphatic carbocycles. The third-order valence-corrected chi connectivity index (χ3v) is 4.07. The van der Waals surface area contributed by atoms with Gasteiger partial charge in [-0.1, -0.05) is 27.5 Å². The zero-order valence-corrected chi connectivity index (χ0v) is 16.1. The van der Waals surface area contributed by atoms with Gasteiger partial charge in [0, 0.05) is 10.2 Å². The van der Waals surface area contributed by atoms with Crippen LogP contribution in [0.15, 0.2) is 46.9 Å². The minimum absolute atomic E-state index is 0.206. The maximum Gasteiger partial charge on any atom is 0.339 e. The molecule has 1 N–H and O–H groups in total. The van der Waals surface area contributed by atoms with Crippen molar-refractivity contribution in [2.45, 2.75) is 20.0 Å². The molecule has 0 fully saturated rings. The van der Waals surface area contributed by atoms with E-state index in [0.29, 0.717) is 11.4 Å². The van der Waals surface area contributed by atoms with Crippen LogP contribution in [-0.4, -0.2) is 24.6 Å².